The summed E-state index contributed by atoms with van der Waals surface area (Å²) in [6.07, 6.45) is 0.944. The summed E-state index contributed by atoms with van der Waals surface area (Å²) in [5.41, 5.74) is 9.57. The molecule has 2 aromatic rings. The minimum absolute atomic E-state index is 0.0710. The normalized spacial score (nSPS) is 12.7. The van der Waals surface area contributed by atoms with Gasteiger partial charge in [0.05, 0.1) is 5.69 Å². The van der Waals surface area contributed by atoms with Crippen LogP contribution in [-0.2, 0) is 6.42 Å². The molecular formula is C14H18N2S. The first-order valence-corrected chi connectivity index (χ1v) is 6.75. The fraction of sp³-hybridized carbons (Fsp3) is 0.357. The van der Waals surface area contributed by atoms with Crippen LogP contribution in [0.2, 0.25) is 0 Å². The molecule has 3 heteroatoms. The van der Waals surface area contributed by atoms with Gasteiger partial charge in [-0.1, -0.05) is 36.8 Å². The second-order valence-electron chi connectivity index (χ2n) is 4.34. The van der Waals surface area contributed by atoms with E-state index in [1.165, 1.54) is 16.0 Å². The highest BCUT2D eigenvalue weighted by atomic mass is 32.1. The quantitative estimate of drug-likeness (QED) is 0.896. The van der Waals surface area contributed by atoms with Gasteiger partial charge in [-0.05, 0) is 20.3 Å². The number of hydrogen-bond acceptors (Lipinski definition) is 3. The summed E-state index contributed by atoms with van der Waals surface area (Å²) in [5, 5.41) is 1.08. The molecule has 0 radical (unpaired) electrons. The number of aryl methyl sites for hydroxylation is 2. The Balaban J connectivity index is 2.42. The maximum absolute atomic E-state index is 5.98. The third kappa shape index (κ3) is 2.56. The summed E-state index contributed by atoms with van der Waals surface area (Å²) in [6.45, 7) is 6.24. The Hall–Kier alpha value is -1.19. The number of thiazole rings is 1. The fourth-order valence-electron chi connectivity index (χ4n) is 1.79. The van der Waals surface area contributed by atoms with Crippen LogP contribution in [0.15, 0.2) is 24.3 Å². The molecule has 1 heterocycles. The van der Waals surface area contributed by atoms with Gasteiger partial charge in [-0.15, -0.1) is 11.3 Å². The molecule has 17 heavy (non-hydrogen) atoms. The first kappa shape index (κ1) is 12.3. The standard InChI is InChI=1S/C14H18N2S/c1-4-12-13(10(3)15)17-14(16-12)11-7-5-9(2)6-8-11/h5-8,10H,4,15H2,1-3H3. The minimum atomic E-state index is 0.0710. The Kier molecular flexibility index (Phi) is 3.60. The molecule has 1 aromatic heterocycles. The van der Waals surface area contributed by atoms with Crippen LogP contribution in [0.4, 0.5) is 0 Å². The highest BCUT2D eigenvalue weighted by molar-refractivity contribution is 7.15. The van der Waals surface area contributed by atoms with Gasteiger partial charge in [0.1, 0.15) is 5.01 Å². The van der Waals surface area contributed by atoms with Crippen molar-refractivity contribution in [1.29, 1.82) is 0 Å². The Morgan fingerprint density at radius 1 is 1.29 bits per heavy atom. The van der Waals surface area contributed by atoms with Crippen LogP contribution in [0.5, 0.6) is 0 Å². The minimum Gasteiger partial charge on any atom is -0.323 e. The molecule has 0 saturated heterocycles. The topological polar surface area (TPSA) is 38.9 Å². The lowest BCUT2D eigenvalue weighted by molar-refractivity contribution is 0.814. The van der Waals surface area contributed by atoms with Gasteiger partial charge in [0, 0.05) is 16.5 Å². The van der Waals surface area contributed by atoms with Crippen molar-refractivity contribution in [3.63, 3.8) is 0 Å². The predicted octanol–water partition coefficient (Wildman–Crippen LogP) is 3.70. The molecule has 90 valence electrons. The summed E-state index contributed by atoms with van der Waals surface area (Å²) < 4.78 is 0. The van der Waals surface area contributed by atoms with Gasteiger partial charge in [-0.3, -0.25) is 0 Å². The second kappa shape index (κ2) is 4.98. The molecule has 2 nitrogen and oxygen atoms in total. The third-order valence-electron chi connectivity index (χ3n) is 2.77. The van der Waals surface area contributed by atoms with Crippen LogP contribution in [0.1, 0.15) is 36.0 Å². The molecule has 2 rings (SSSR count). The molecule has 0 aliphatic rings. The zero-order valence-electron chi connectivity index (χ0n) is 10.5. The Bertz CT molecular complexity index is 497. The van der Waals surface area contributed by atoms with E-state index in [0.717, 1.165) is 17.1 Å². The van der Waals surface area contributed by atoms with Crippen molar-refractivity contribution in [2.75, 3.05) is 0 Å². The number of rotatable bonds is 3. The lowest BCUT2D eigenvalue weighted by atomic mass is 10.1. The van der Waals surface area contributed by atoms with Gasteiger partial charge in [0.25, 0.3) is 0 Å². The summed E-state index contributed by atoms with van der Waals surface area (Å²) in [5.74, 6) is 0. The van der Waals surface area contributed by atoms with Crippen molar-refractivity contribution < 1.29 is 0 Å². The van der Waals surface area contributed by atoms with E-state index >= 15 is 0 Å². The van der Waals surface area contributed by atoms with E-state index in [1.807, 2.05) is 6.92 Å². The summed E-state index contributed by atoms with van der Waals surface area (Å²) in [6, 6.07) is 8.56. The Labute approximate surface area is 107 Å². The number of hydrogen-bond donors (Lipinski definition) is 1. The van der Waals surface area contributed by atoms with Crippen molar-refractivity contribution in [1.82, 2.24) is 4.98 Å². The SMILES string of the molecule is CCc1nc(-c2ccc(C)cc2)sc1C(C)N. The smallest absolute Gasteiger partial charge is 0.123 e. The maximum Gasteiger partial charge on any atom is 0.123 e. The molecule has 0 aliphatic carbocycles. The van der Waals surface area contributed by atoms with E-state index < -0.39 is 0 Å². The van der Waals surface area contributed by atoms with Crippen molar-refractivity contribution in [3.8, 4) is 10.6 Å². The number of nitrogens with two attached hydrogens (primary N) is 1. The van der Waals surface area contributed by atoms with Crippen molar-refractivity contribution in [3.05, 3.63) is 40.4 Å². The van der Waals surface area contributed by atoms with Crippen LogP contribution < -0.4 is 5.73 Å². The first-order chi connectivity index (χ1) is 8.11. The van der Waals surface area contributed by atoms with Crippen molar-refractivity contribution >= 4 is 11.3 Å². The molecule has 0 aliphatic heterocycles. The van der Waals surface area contributed by atoms with Gasteiger partial charge in [0.2, 0.25) is 0 Å². The second-order valence-corrected chi connectivity index (χ2v) is 5.37. The molecule has 0 saturated carbocycles. The summed E-state index contributed by atoms with van der Waals surface area (Å²) in [7, 11) is 0. The van der Waals surface area contributed by atoms with Crippen LogP contribution >= 0.6 is 11.3 Å². The molecule has 0 bridgehead atoms. The summed E-state index contributed by atoms with van der Waals surface area (Å²) in [4.78, 5) is 5.90. The Morgan fingerprint density at radius 3 is 2.41 bits per heavy atom. The van der Waals surface area contributed by atoms with E-state index in [4.69, 9.17) is 5.73 Å². The molecule has 0 spiro atoms. The zero-order chi connectivity index (χ0) is 12.4. The van der Waals surface area contributed by atoms with E-state index in [0.29, 0.717) is 0 Å². The van der Waals surface area contributed by atoms with Crippen LogP contribution in [0, 0.1) is 6.92 Å². The monoisotopic (exact) mass is 246 g/mol. The van der Waals surface area contributed by atoms with Crippen LogP contribution in [0.3, 0.4) is 0 Å². The highest BCUT2D eigenvalue weighted by Gasteiger charge is 2.13. The summed E-state index contributed by atoms with van der Waals surface area (Å²) >= 11 is 1.72. The molecule has 0 fully saturated rings. The van der Waals surface area contributed by atoms with Gasteiger partial charge in [0.15, 0.2) is 0 Å². The van der Waals surface area contributed by atoms with Crippen molar-refractivity contribution in [2.45, 2.75) is 33.2 Å². The van der Waals surface area contributed by atoms with Gasteiger partial charge < -0.3 is 5.73 Å². The average molecular weight is 246 g/mol. The number of aromatic nitrogens is 1. The lowest BCUT2D eigenvalue weighted by Crippen LogP contribution is -2.05. The average Bonchev–Trinajstić information content (AvgIpc) is 2.74. The maximum atomic E-state index is 5.98. The largest absolute Gasteiger partial charge is 0.323 e. The predicted molar refractivity (Wildman–Crippen MR) is 74.3 cm³/mol. The van der Waals surface area contributed by atoms with E-state index in [-0.39, 0.29) is 6.04 Å². The zero-order valence-corrected chi connectivity index (χ0v) is 11.3. The molecule has 1 aromatic carbocycles. The fourth-order valence-corrected chi connectivity index (χ4v) is 2.90. The Morgan fingerprint density at radius 2 is 1.94 bits per heavy atom. The van der Waals surface area contributed by atoms with Gasteiger partial charge in [-0.25, -0.2) is 4.98 Å². The van der Waals surface area contributed by atoms with Gasteiger partial charge >= 0.3 is 0 Å². The first-order valence-electron chi connectivity index (χ1n) is 5.94. The van der Waals surface area contributed by atoms with E-state index in [1.54, 1.807) is 11.3 Å². The van der Waals surface area contributed by atoms with Crippen LogP contribution in [0.25, 0.3) is 10.6 Å². The van der Waals surface area contributed by atoms with Gasteiger partial charge in [-0.2, -0.15) is 0 Å². The number of nitrogens with zero attached hydrogens (tertiary/aromatic N) is 1. The molecule has 2 N–H and O–H groups in total. The molecule has 1 atom stereocenters. The van der Waals surface area contributed by atoms with E-state index in [2.05, 4.69) is 43.1 Å². The molecule has 0 amide bonds. The highest BCUT2D eigenvalue weighted by Crippen LogP contribution is 2.31. The van der Waals surface area contributed by atoms with Crippen LogP contribution in [-0.4, -0.2) is 4.98 Å². The van der Waals surface area contributed by atoms with Crippen molar-refractivity contribution in [2.24, 2.45) is 5.73 Å². The molecule has 1 unspecified atom stereocenters. The third-order valence-corrected chi connectivity index (χ3v) is 4.12. The number of benzene rings is 1. The lowest BCUT2D eigenvalue weighted by Gasteiger charge is -2.01. The van der Waals surface area contributed by atoms with E-state index in [9.17, 15) is 0 Å². The molecular weight excluding hydrogens is 228 g/mol.